The molecule has 170 valence electrons. The monoisotopic (exact) mass is 521 g/mol. The highest BCUT2D eigenvalue weighted by molar-refractivity contribution is 9.10. The average molecular weight is 522 g/mol. The Morgan fingerprint density at radius 3 is 2.38 bits per heavy atom. The SMILES string of the molecule is C[C@]1(c2nc(Br)ccc2F)N=C(N(C(=O)O)C(=O)c2ccccc2)O[C@@H](C(F)(F)F)[C@@H]1F. The maximum absolute atomic E-state index is 15.1. The first-order valence-corrected chi connectivity index (χ1v) is 9.58. The van der Waals surface area contributed by atoms with Crippen molar-refractivity contribution in [2.24, 2.45) is 4.99 Å². The molecule has 2 heterocycles. The number of aromatic nitrogens is 1. The third-order valence-electron chi connectivity index (χ3n) is 4.58. The molecule has 0 fully saturated rings. The van der Waals surface area contributed by atoms with Gasteiger partial charge in [-0.2, -0.15) is 18.1 Å². The molecule has 1 aliphatic heterocycles. The zero-order chi connectivity index (χ0) is 23.8. The summed E-state index contributed by atoms with van der Waals surface area (Å²) in [5.74, 6) is -2.50. The smallest absolute Gasteiger partial charge is 0.428 e. The van der Waals surface area contributed by atoms with Crippen LogP contribution in [0, 0.1) is 5.82 Å². The number of ether oxygens (including phenoxy) is 1. The number of halogens is 6. The summed E-state index contributed by atoms with van der Waals surface area (Å²) in [6, 6.07) is 7.28. The third kappa shape index (κ3) is 4.29. The Bertz CT molecular complexity index is 1080. The molecule has 7 nitrogen and oxygen atoms in total. The van der Waals surface area contributed by atoms with Crippen LogP contribution >= 0.6 is 15.9 Å². The molecule has 2 aromatic rings. The predicted molar refractivity (Wildman–Crippen MR) is 103 cm³/mol. The van der Waals surface area contributed by atoms with Gasteiger partial charge in [0.15, 0.2) is 6.17 Å². The lowest BCUT2D eigenvalue weighted by atomic mass is 9.87. The van der Waals surface area contributed by atoms with Gasteiger partial charge in [-0.1, -0.05) is 18.2 Å². The minimum atomic E-state index is -5.36. The second-order valence-corrected chi connectivity index (χ2v) is 7.59. The van der Waals surface area contributed by atoms with Crippen LogP contribution in [0.25, 0.3) is 0 Å². The van der Waals surface area contributed by atoms with Crippen LogP contribution in [-0.2, 0) is 10.3 Å². The number of amides is 2. The number of carbonyl (C=O) groups excluding carboxylic acids is 1. The Morgan fingerprint density at radius 1 is 1.19 bits per heavy atom. The fourth-order valence-corrected chi connectivity index (χ4v) is 3.32. The van der Waals surface area contributed by atoms with Crippen LogP contribution in [0.15, 0.2) is 52.1 Å². The fourth-order valence-electron chi connectivity index (χ4n) is 3.01. The molecule has 3 rings (SSSR count). The molecule has 3 atom stereocenters. The lowest BCUT2D eigenvalue weighted by molar-refractivity contribution is -0.229. The normalized spacial score (nSPS) is 23.2. The number of hydrogen-bond acceptors (Lipinski definition) is 5. The zero-order valence-corrected chi connectivity index (χ0v) is 17.6. The van der Waals surface area contributed by atoms with Crippen molar-refractivity contribution >= 4 is 34.0 Å². The number of carboxylic acid groups (broad SMARTS) is 1. The van der Waals surface area contributed by atoms with Gasteiger partial charge in [0, 0.05) is 5.56 Å². The number of carbonyl (C=O) groups is 2. The summed E-state index contributed by atoms with van der Waals surface area (Å²) in [6.07, 6.45) is -13.7. The second kappa shape index (κ2) is 8.45. The van der Waals surface area contributed by atoms with Crippen LogP contribution < -0.4 is 0 Å². The topological polar surface area (TPSA) is 92.1 Å². The maximum atomic E-state index is 15.1. The molecular formula is C19H13BrF5N3O4. The average Bonchev–Trinajstić information content (AvgIpc) is 2.71. The number of rotatable bonds is 2. The highest BCUT2D eigenvalue weighted by atomic mass is 79.9. The van der Waals surface area contributed by atoms with Gasteiger partial charge in [-0.05, 0) is 47.1 Å². The zero-order valence-electron chi connectivity index (χ0n) is 16.0. The first-order valence-electron chi connectivity index (χ1n) is 8.78. The Hall–Kier alpha value is -3.09. The number of benzene rings is 1. The van der Waals surface area contributed by atoms with Crippen molar-refractivity contribution in [1.82, 2.24) is 9.88 Å². The van der Waals surface area contributed by atoms with Gasteiger partial charge in [0.05, 0.1) is 0 Å². The Morgan fingerprint density at radius 2 is 1.81 bits per heavy atom. The van der Waals surface area contributed by atoms with Crippen molar-refractivity contribution in [1.29, 1.82) is 0 Å². The van der Waals surface area contributed by atoms with Gasteiger partial charge in [-0.15, -0.1) is 0 Å². The van der Waals surface area contributed by atoms with E-state index in [-0.39, 0.29) is 15.1 Å². The van der Waals surface area contributed by atoms with E-state index in [1.807, 2.05) is 0 Å². The summed E-state index contributed by atoms with van der Waals surface area (Å²) >= 11 is 2.92. The van der Waals surface area contributed by atoms with Gasteiger partial charge in [-0.25, -0.2) is 23.6 Å². The number of hydrogen-bond donors (Lipinski definition) is 1. The summed E-state index contributed by atoms with van der Waals surface area (Å²) < 4.78 is 74.9. The van der Waals surface area contributed by atoms with E-state index >= 15 is 4.39 Å². The molecule has 0 saturated heterocycles. The van der Waals surface area contributed by atoms with Crippen LogP contribution in [0.5, 0.6) is 0 Å². The van der Waals surface area contributed by atoms with Gasteiger partial charge >= 0.3 is 18.3 Å². The van der Waals surface area contributed by atoms with E-state index in [4.69, 9.17) is 0 Å². The standard InChI is InChI=1S/C19H13BrF5N3O4/c1-18(13-10(21)7-8-11(20)26-13)12(22)14(19(23,24)25)32-16(27-18)28(17(30)31)15(29)9-5-3-2-4-6-9/h2-8,12,14H,1H3,(H,30,31)/t12-,14+,18-/m0/s1. The third-order valence-corrected chi connectivity index (χ3v) is 5.03. The molecule has 1 aliphatic rings. The predicted octanol–water partition coefficient (Wildman–Crippen LogP) is 4.67. The van der Waals surface area contributed by atoms with E-state index in [0.717, 1.165) is 19.1 Å². The molecule has 0 spiro atoms. The van der Waals surface area contributed by atoms with Crippen molar-refractivity contribution in [3.63, 3.8) is 0 Å². The van der Waals surface area contributed by atoms with E-state index in [1.54, 1.807) is 0 Å². The van der Waals surface area contributed by atoms with E-state index in [0.29, 0.717) is 0 Å². The van der Waals surface area contributed by atoms with Crippen molar-refractivity contribution < 1.29 is 41.4 Å². The highest BCUT2D eigenvalue weighted by Crippen LogP contribution is 2.43. The molecule has 0 saturated carbocycles. The number of imide groups is 1. The minimum Gasteiger partial charge on any atom is -0.464 e. The molecule has 1 N–H and O–H groups in total. The number of alkyl halides is 4. The van der Waals surface area contributed by atoms with Crippen LogP contribution in [-0.4, -0.2) is 51.5 Å². The molecule has 0 radical (unpaired) electrons. The van der Waals surface area contributed by atoms with Gasteiger partial charge in [0.25, 0.3) is 5.91 Å². The van der Waals surface area contributed by atoms with Gasteiger partial charge in [0.2, 0.25) is 6.10 Å². The molecule has 13 heteroatoms. The van der Waals surface area contributed by atoms with Crippen molar-refractivity contribution in [2.45, 2.75) is 30.9 Å². The summed E-state index contributed by atoms with van der Waals surface area (Å²) in [5, 5.41) is 9.52. The van der Waals surface area contributed by atoms with Crippen LogP contribution in [0.4, 0.5) is 26.7 Å². The van der Waals surface area contributed by atoms with Crippen LogP contribution in [0.3, 0.4) is 0 Å². The first kappa shape index (κ1) is 23.6. The van der Waals surface area contributed by atoms with Crippen LogP contribution in [0.1, 0.15) is 23.0 Å². The van der Waals surface area contributed by atoms with Crippen LogP contribution in [0.2, 0.25) is 0 Å². The largest absolute Gasteiger partial charge is 0.464 e. The minimum absolute atomic E-state index is 0.0374. The maximum Gasteiger partial charge on any atom is 0.428 e. The Labute approximate surface area is 185 Å². The molecule has 0 bridgehead atoms. The number of amidine groups is 1. The molecule has 1 aromatic heterocycles. The van der Waals surface area contributed by atoms with Crippen molar-refractivity contribution in [2.75, 3.05) is 0 Å². The number of nitrogens with zero attached hydrogens (tertiary/aromatic N) is 3. The quantitative estimate of drug-likeness (QED) is 0.457. The summed E-state index contributed by atoms with van der Waals surface area (Å²) in [5.41, 5.74) is -3.75. The Kier molecular flexibility index (Phi) is 6.22. The lowest BCUT2D eigenvalue weighted by Crippen LogP contribution is -2.58. The molecule has 0 unspecified atom stereocenters. The number of pyridine rings is 1. The molecule has 0 aliphatic carbocycles. The van der Waals surface area contributed by atoms with Gasteiger partial charge < -0.3 is 9.84 Å². The molecule has 1 aromatic carbocycles. The highest BCUT2D eigenvalue weighted by Gasteiger charge is 2.60. The number of aliphatic imine (C=N–C) groups is 1. The molecular weight excluding hydrogens is 509 g/mol. The van der Waals surface area contributed by atoms with Crippen molar-refractivity contribution in [3.05, 3.63) is 64.1 Å². The van der Waals surface area contributed by atoms with Crippen molar-refractivity contribution in [3.8, 4) is 0 Å². The van der Waals surface area contributed by atoms with E-state index in [9.17, 15) is 32.3 Å². The van der Waals surface area contributed by atoms with E-state index in [2.05, 4.69) is 30.6 Å². The van der Waals surface area contributed by atoms with E-state index < -0.39 is 53.5 Å². The first-order chi connectivity index (χ1) is 14.9. The summed E-state index contributed by atoms with van der Waals surface area (Å²) in [4.78, 5) is 31.6. The fraction of sp³-hybridized carbons (Fsp3) is 0.263. The van der Waals surface area contributed by atoms with Gasteiger partial charge in [-0.3, -0.25) is 4.79 Å². The molecule has 2 amide bonds. The summed E-state index contributed by atoms with van der Waals surface area (Å²) in [7, 11) is 0. The van der Waals surface area contributed by atoms with E-state index in [1.165, 1.54) is 30.3 Å². The molecule has 32 heavy (non-hydrogen) atoms. The second-order valence-electron chi connectivity index (χ2n) is 6.78. The van der Waals surface area contributed by atoms with Gasteiger partial charge in [0.1, 0.15) is 21.7 Å². The summed E-state index contributed by atoms with van der Waals surface area (Å²) in [6.45, 7) is 0.795. The lowest BCUT2D eigenvalue weighted by Gasteiger charge is -2.40. The Balaban J connectivity index is 2.22.